The third-order valence-corrected chi connectivity index (χ3v) is 2.22. The van der Waals surface area contributed by atoms with Gasteiger partial charge in [-0.3, -0.25) is 0 Å². The molecule has 0 saturated heterocycles. The second kappa shape index (κ2) is 4.61. The van der Waals surface area contributed by atoms with Gasteiger partial charge in [-0.25, -0.2) is 9.97 Å². The molecular formula is C12H12N2O2. The highest BCUT2D eigenvalue weighted by molar-refractivity contribution is 5.72. The van der Waals surface area contributed by atoms with E-state index in [0.717, 1.165) is 11.1 Å². The average molecular weight is 216 g/mol. The largest absolute Gasteiger partial charge is 0.481 e. The molecule has 0 N–H and O–H groups in total. The fraction of sp³-hybridized carbons (Fsp3) is 0.167. The van der Waals surface area contributed by atoms with E-state index < -0.39 is 0 Å². The fourth-order valence-electron chi connectivity index (χ4n) is 1.52. The maximum absolute atomic E-state index is 5.20. The van der Waals surface area contributed by atoms with Crippen molar-refractivity contribution in [2.75, 3.05) is 14.2 Å². The lowest BCUT2D eigenvalue weighted by molar-refractivity contribution is 0.393. The maximum Gasteiger partial charge on any atom is 0.221 e. The standard InChI is InChI=1S/C12H12N2O2/c1-15-11-9(5-3-7-13-11)10-6-4-8-14-12(10)16-2/h3-8H,1-2H3. The predicted octanol–water partition coefficient (Wildman–Crippen LogP) is 2.16. The summed E-state index contributed by atoms with van der Waals surface area (Å²) < 4.78 is 10.4. The predicted molar refractivity (Wildman–Crippen MR) is 60.6 cm³/mol. The average Bonchev–Trinajstić information content (AvgIpc) is 2.38. The van der Waals surface area contributed by atoms with Gasteiger partial charge in [0.1, 0.15) is 0 Å². The molecule has 0 amide bonds. The summed E-state index contributed by atoms with van der Waals surface area (Å²) in [6.45, 7) is 0. The van der Waals surface area contributed by atoms with Crippen molar-refractivity contribution in [1.29, 1.82) is 0 Å². The van der Waals surface area contributed by atoms with Crippen LogP contribution in [0.15, 0.2) is 36.7 Å². The number of hydrogen-bond acceptors (Lipinski definition) is 4. The smallest absolute Gasteiger partial charge is 0.221 e. The third-order valence-electron chi connectivity index (χ3n) is 2.22. The number of pyridine rings is 2. The first kappa shape index (κ1) is 10.4. The maximum atomic E-state index is 5.20. The summed E-state index contributed by atoms with van der Waals surface area (Å²) in [5.41, 5.74) is 1.74. The molecule has 0 unspecified atom stereocenters. The summed E-state index contributed by atoms with van der Waals surface area (Å²) >= 11 is 0. The van der Waals surface area contributed by atoms with Gasteiger partial charge in [-0.1, -0.05) is 0 Å². The molecule has 2 rings (SSSR count). The molecule has 0 fully saturated rings. The van der Waals surface area contributed by atoms with Gasteiger partial charge in [-0.05, 0) is 24.3 Å². The van der Waals surface area contributed by atoms with Crippen molar-refractivity contribution in [3.63, 3.8) is 0 Å². The molecule has 82 valence electrons. The Balaban J connectivity index is 2.58. The third kappa shape index (κ3) is 1.82. The highest BCUT2D eigenvalue weighted by Gasteiger charge is 2.11. The van der Waals surface area contributed by atoms with Crippen LogP contribution in [0.4, 0.5) is 0 Å². The molecule has 0 radical (unpaired) electrons. The minimum Gasteiger partial charge on any atom is -0.481 e. The zero-order valence-electron chi connectivity index (χ0n) is 9.18. The van der Waals surface area contributed by atoms with E-state index in [0.29, 0.717) is 11.8 Å². The Morgan fingerprint density at radius 1 is 0.812 bits per heavy atom. The Labute approximate surface area is 93.9 Å². The van der Waals surface area contributed by atoms with E-state index in [-0.39, 0.29) is 0 Å². The number of rotatable bonds is 3. The molecule has 0 bridgehead atoms. The molecule has 0 saturated carbocycles. The lowest BCUT2D eigenvalue weighted by Crippen LogP contribution is -1.94. The van der Waals surface area contributed by atoms with Gasteiger partial charge in [0.05, 0.1) is 14.2 Å². The first-order chi connectivity index (χ1) is 7.86. The zero-order valence-corrected chi connectivity index (χ0v) is 9.18. The number of methoxy groups -OCH3 is 2. The summed E-state index contributed by atoms with van der Waals surface area (Å²) in [6, 6.07) is 7.55. The highest BCUT2D eigenvalue weighted by Crippen LogP contribution is 2.32. The normalized spacial score (nSPS) is 9.88. The van der Waals surface area contributed by atoms with E-state index in [1.165, 1.54) is 0 Å². The Kier molecular flexibility index (Phi) is 3.00. The Hall–Kier alpha value is -2.10. The van der Waals surface area contributed by atoms with Crippen LogP contribution in [0.3, 0.4) is 0 Å². The van der Waals surface area contributed by atoms with E-state index in [1.54, 1.807) is 26.6 Å². The lowest BCUT2D eigenvalue weighted by Gasteiger charge is -2.09. The van der Waals surface area contributed by atoms with Crippen molar-refractivity contribution in [3.8, 4) is 22.9 Å². The summed E-state index contributed by atoms with van der Waals surface area (Å²) in [5, 5.41) is 0. The summed E-state index contributed by atoms with van der Waals surface area (Å²) in [4.78, 5) is 8.29. The summed E-state index contributed by atoms with van der Waals surface area (Å²) in [5.74, 6) is 1.13. The van der Waals surface area contributed by atoms with Crippen LogP contribution in [0, 0.1) is 0 Å². The topological polar surface area (TPSA) is 44.2 Å². The molecule has 0 aliphatic heterocycles. The van der Waals surface area contributed by atoms with Gasteiger partial charge in [0.15, 0.2) is 0 Å². The molecule has 2 aromatic heterocycles. The van der Waals surface area contributed by atoms with Crippen molar-refractivity contribution >= 4 is 0 Å². The van der Waals surface area contributed by atoms with E-state index in [9.17, 15) is 0 Å². The second-order valence-electron chi connectivity index (χ2n) is 3.12. The van der Waals surface area contributed by atoms with Gasteiger partial charge in [0.2, 0.25) is 11.8 Å². The molecule has 0 atom stereocenters. The van der Waals surface area contributed by atoms with Crippen LogP contribution in [0.1, 0.15) is 0 Å². The molecule has 4 heteroatoms. The Morgan fingerprint density at radius 3 is 1.62 bits per heavy atom. The first-order valence-electron chi connectivity index (χ1n) is 4.85. The van der Waals surface area contributed by atoms with Crippen molar-refractivity contribution < 1.29 is 9.47 Å². The van der Waals surface area contributed by atoms with Crippen LogP contribution >= 0.6 is 0 Å². The fourth-order valence-corrected chi connectivity index (χ4v) is 1.52. The molecular weight excluding hydrogens is 204 g/mol. The van der Waals surface area contributed by atoms with Crippen molar-refractivity contribution in [2.45, 2.75) is 0 Å². The minimum absolute atomic E-state index is 0.564. The molecule has 16 heavy (non-hydrogen) atoms. The van der Waals surface area contributed by atoms with Crippen molar-refractivity contribution in [2.24, 2.45) is 0 Å². The zero-order chi connectivity index (χ0) is 11.4. The number of aromatic nitrogens is 2. The van der Waals surface area contributed by atoms with E-state index in [4.69, 9.17) is 9.47 Å². The molecule has 0 aliphatic rings. The van der Waals surface area contributed by atoms with Crippen LogP contribution in [0.2, 0.25) is 0 Å². The van der Waals surface area contributed by atoms with Crippen LogP contribution in [-0.4, -0.2) is 24.2 Å². The quantitative estimate of drug-likeness (QED) is 0.788. The number of ether oxygens (including phenoxy) is 2. The van der Waals surface area contributed by atoms with Crippen LogP contribution < -0.4 is 9.47 Å². The van der Waals surface area contributed by atoms with Crippen LogP contribution in [0.25, 0.3) is 11.1 Å². The SMILES string of the molecule is COc1ncccc1-c1cccnc1OC. The van der Waals surface area contributed by atoms with Gasteiger partial charge >= 0.3 is 0 Å². The summed E-state index contributed by atoms with van der Waals surface area (Å²) in [6.07, 6.45) is 3.37. The van der Waals surface area contributed by atoms with Crippen LogP contribution in [0.5, 0.6) is 11.8 Å². The van der Waals surface area contributed by atoms with Crippen LogP contribution in [-0.2, 0) is 0 Å². The van der Waals surface area contributed by atoms with E-state index in [1.807, 2.05) is 24.3 Å². The van der Waals surface area contributed by atoms with Gasteiger partial charge in [0, 0.05) is 23.5 Å². The van der Waals surface area contributed by atoms with Gasteiger partial charge in [0.25, 0.3) is 0 Å². The molecule has 0 aromatic carbocycles. The molecule has 0 spiro atoms. The molecule has 2 aromatic rings. The molecule has 4 nitrogen and oxygen atoms in total. The van der Waals surface area contributed by atoms with Gasteiger partial charge in [-0.15, -0.1) is 0 Å². The van der Waals surface area contributed by atoms with Crippen molar-refractivity contribution in [1.82, 2.24) is 9.97 Å². The van der Waals surface area contributed by atoms with Gasteiger partial charge < -0.3 is 9.47 Å². The van der Waals surface area contributed by atoms with E-state index >= 15 is 0 Å². The minimum atomic E-state index is 0.564. The first-order valence-corrected chi connectivity index (χ1v) is 4.85. The Bertz CT molecular complexity index is 440. The molecule has 2 heterocycles. The lowest BCUT2D eigenvalue weighted by atomic mass is 10.1. The Morgan fingerprint density at radius 2 is 1.25 bits per heavy atom. The second-order valence-corrected chi connectivity index (χ2v) is 3.12. The van der Waals surface area contributed by atoms with E-state index in [2.05, 4.69) is 9.97 Å². The van der Waals surface area contributed by atoms with Gasteiger partial charge in [-0.2, -0.15) is 0 Å². The molecule has 0 aliphatic carbocycles. The highest BCUT2D eigenvalue weighted by atomic mass is 16.5. The number of hydrogen-bond donors (Lipinski definition) is 0. The monoisotopic (exact) mass is 216 g/mol. The summed E-state index contributed by atoms with van der Waals surface area (Å²) in [7, 11) is 3.18. The van der Waals surface area contributed by atoms with Crippen molar-refractivity contribution in [3.05, 3.63) is 36.7 Å². The number of nitrogens with zero attached hydrogens (tertiary/aromatic N) is 2.